The normalized spacial score (nSPS) is 11.0. The molecule has 1 amide bonds. The lowest BCUT2D eigenvalue weighted by atomic mass is 10.1. The summed E-state index contributed by atoms with van der Waals surface area (Å²) in [5.41, 5.74) is 8.98. The topological polar surface area (TPSA) is 96.8 Å². The number of nitrogens with one attached hydrogen (secondary N) is 1. The monoisotopic (exact) mass is 551 g/mol. The molecule has 0 fully saturated rings. The number of benzene rings is 4. The van der Waals surface area contributed by atoms with Crippen LogP contribution in [-0.2, 0) is 0 Å². The van der Waals surface area contributed by atoms with E-state index >= 15 is 0 Å². The van der Waals surface area contributed by atoms with E-state index in [0.717, 1.165) is 28.2 Å². The number of carbonyl (C=O) groups excluding carboxylic acids is 1. The van der Waals surface area contributed by atoms with E-state index in [0.29, 0.717) is 22.6 Å². The van der Waals surface area contributed by atoms with E-state index in [1.54, 1.807) is 36.4 Å². The second-order valence-electron chi connectivity index (χ2n) is 9.51. The number of aromatic nitrogens is 1. The van der Waals surface area contributed by atoms with Crippen LogP contribution in [-0.4, -0.2) is 27.8 Å². The lowest BCUT2D eigenvalue weighted by molar-refractivity contribution is 0.0696. The summed E-state index contributed by atoms with van der Waals surface area (Å²) in [4.78, 5) is 24.1. The highest BCUT2D eigenvalue weighted by Gasteiger charge is 2.14. The van der Waals surface area contributed by atoms with Gasteiger partial charge in [0.1, 0.15) is 11.5 Å². The summed E-state index contributed by atoms with van der Waals surface area (Å²) in [5, 5.41) is 13.2. The minimum absolute atomic E-state index is 0.168. The molecule has 7 heteroatoms. The highest BCUT2D eigenvalue weighted by Crippen LogP contribution is 2.32. The second kappa shape index (κ2) is 11.7. The third-order valence-corrected chi connectivity index (χ3v) is 6.79. The molecule has 0 saturated carbocycles. The Morgan fingerprint density at radius 1 is 0.667 bits per heavy atom. The highest BCUT2D eigenvalue weighted by atomic mass is 16.4. The van der Waals surface area contributed by atoms with Gasteiger partial charge in [0, 0.05) is 16.8 Å². The molecule has 0 saturated heterocycles. The van der Waals surface area contributed by atoms with Crippen LogP contribution in [0.25, 0.3) is 39.5 Å². The van der Waals surface area contributed by atoms with Crippen LogP contribution in [0, 0.1) is 0 Å². The van der Waals surface area contributed by atoms with Crippen molar-refractivity contribution in [2.45, 2.75) is 0 Å². The number of carboxylic acid groups (broad SMARTS) is 1. The Balaban J connectivity index is 1.19. The fourth-order valence-corrected chi connectivity index (χ4v) is 4.75. The minimum atomic E-state index is -1.01. The molecular weight excluding hydrogens is 526 g/mol. The van der Waals surface area contributed by atoms with Crippen molar-refractivity contribution < 1.29 is 19.1 Å². The van der Waals surface area contributed by atoms with Crippen LogP contribution >= 0.6 is 0 Å². The van der Waals surface area contributed by atoms with Crippen molar-refractivity contribution in [3.63, 3.8) is 0 Å². The average molecular weight is 552 g/mol. The smallest absolute Gasteiger partial charge is 0.335 e. The van der Waals surface area contributed by atoms with Crippen LogP contribution in [0.4, 0.5) is 0 Å². The Labute approximate surface area is 242 Å². The Hall–Kier alpha value is -5.95. The molecule has 6 aromatic rings. The van der Waals surface area contributed by atoms with Gasteiger partial charge in [-0.2, -0.15) is 5.10 Å². The van der Waals surface area contributed by atoms with E-state index in [2.05, 4.69) is 51.5 Å². The molecule has 0 unspecified atom stereocenters. The first kappa shape index (κ1) is 26.3. The van der Waals surface area contributed by atoms with E-state index in [9.17, 15) is 14.7 Å². The van der Waals surface area contributed by atoms with Gasteiger partial charge in [0.05, 0.1) is 23.2 Å². The number of hydrogen-bond acceptors (Lipinski definition) is 4. The van der Waals surface area contributed by atoms with E-state index < -0.39 is 5.97 Å². The standard InChI is InChI=1S/C35H25N3O4/c39-34(37-36-23-30-18-21-33(42-30)27-12-7-13-28(22-27)35(40)41)26-14-16-29(17-15-26)38-31(24-8-3-1-4-9-24)19-20-32(38)25-10-5-2-6-11-25/h1-23H,(H,37,39)(H,40,41)/b36-23-. The molecule has 0 aliphatic rings. The Morgan fingerprint density at radius 2 is 1.29 bits per heavy atom. The third-order valence-electron chi connectivity index (χ3n) is 6.79. The number of aromatic carboxylic acids is 1. The molecule has 4 aromatic carbocycles. The fourth-order valence-electron chi connectivity index (χ4n) is 4.75. The number of amides is 1. The van der Waals surface area contributed by atoms with Crippen molar-refractivity contribution in [3.8, 4) is 39.5 Å². The molecule has 2 N–H and O–H groups in total. The van der Waals surface area contributed by atoms with Gasteiger partial charge in [0.15, 0.2) is 0 Å². The Bertz CT molecular complexity index is 1830. The summed E-state index contributed by atoms with van der Waals surface area (Å²) in [6.07, 6.45) is 1.40. The highest BCUT2D eigenvalue weighted by molar-refractivity contribution is 5.95. The summed E-state index contributed by atoms with van der Waals surface area (Å²) in [5.74, 6) is -0.465. The molecule has 204 valence electrons. The van der Waals surface area contributed by atoms with Crippen molar-refractivity contribution in [1.82, 2.24) is 9.99 Å². The van der Waals surface area contributed by atoms with Gasteiger partial charge < -0.3 is 14.1 Å². The number of furan rings is 1. The first-order chi connectivity index (χ1) is 20.6. The van der Waals surface area contributed by atoms with Crippen LogP contribution < -0.4 is 5.43 Å². The van der Waals surface area contributed by atoms with E-state index in [4.69, 9.17) is 4.42 Å². The molecule has 0 bridgehead atoms. The van der Waals surface area contributed by atoms with Gasteiger partial charge in [-0.05, 0) is 71.8 Å². The molecule has 2 aromatic heterocycles. The molecular formula is C35H25N3O4. The van der Waals surface area contributed by atoms with Crippen LogP contribution in [0.1, 0.15) is 26.5 Å². The zero-order chi connectivity index (χ0) is 28.9. The summed E-state index contributed by atoms with van der Waals surface area (Å²) in [6, 6.07) is 41.8. The molecule has 7 nitrogen and oxygen atoms in total. The molecule has 0 aliphatic heterocycles. The molecule has 6 rings (SSSR count). The molecule has 0 atom stereocenters. The Morgan fingerprint density at radius 3 is 1.90 bits per heavy atom. The van der Waals surface area contributed by atoms with E-state index in [1.165, 1.54) is 18.3 Å². The van der Waals surface area contributed by atoms with Crippen molar-refractivity contribution in [1.29, 1.82) is 0 Å². The van der Waals surface area contributed by atoms with Crippen molar-refractivity contribution in [2.24, 2.45) is 5.10 Å². The number of carbonyl (C=O) groups is 2. The second-order valence-corrected chi connectivity index (χ2v) is 9.51. The van der Waals surface area contributed by atoms with Gasteiger partial charge in [0.2, 0.25) is 0 Å². The summed E-state index contributed by atoms with van der Waals surface area (Å²) < 4.78 is 7.93. The van der Waals surface area contributed by atoms with Gasteiger partial charge in [-0.25, -0.2) is 10.2 Å². The summed E-state index contributed by atoms with van der Waals surface area (Å²) in [7, 11) is 0. The Kier molecular flexibility index (Phi) is 7.29. The van der Waals surface area contributed by atoms with E-state index in [1.807, 2.05) is 48.5 Å². The van der Waals surface area contributed by atoms with Crippen LogP contribution in [0.15, 0.2) is 143 Å². The van der Waals surface area contributed by atoms with Crippen molar-refractivity contribution in [3.05, 3.63) is 150 Å². The quantitative estimate of drug-likeness (QED) is 0.151. The number of nitrogens with zero attached hydrogens (tertiary/aromatic N) is 2. The SMILES string of the molecule is O=C(O)c1cccc(-c2ccc(/C=N\NC(=O)c3ccc(-n4c(-c5ccccc5)ccc4-c4ccccc4)cc3)o2)c1. The number of carboxylic acids is 1. The maximum absolute atomic E-state index is 12.8. The minimum Gasteiger partial charge on any atom is -0.478 e. The van der Waals surface area contributed by atoms with Gasteiger partial charge in [-0.1, -0.05) is 72.8 Å². The first-order valence-corrected chi connectivity index (χ1v) is 13.3. The molecule has 42 heavy (non-hydrogen) atoms. The predicted octanol–water partition coefficient (Wildman–Crippen LogP) is 7.53. The maximum atomic E-state index is 12.8. The van der Waals surface area contributed by atoms with Gasteiger partial charge in [-0.3, -0.25) is 4.79 Å². The van der Waals surface area contributed by atoms with Gasteiger partial charge in [0.25, 0.3) is 5.91 Å². The molecule has 2 heterocycles. The van der Waals surface area contributed by atoms with Crippen LogP contribution in [0.5, 0.6) is 0 Å². The number of rotatable bonds is 8. The maximum Gasteiger partial charge on any atom is 0.335 e. The first-order valence-electron chi connectivity index (χ1n) is 13.3. The fraction of sp³-hybridized carbons (Fsp3) is 0. The van der Waals surface area contributed by atoms with Crippen LogP contribution in [0.3, 0.4) is 0 Å². The number of hydrogen-bond donors (Lipinski definition) is 2. The largest absolute Gasteiger partial charge is 0.478 e. The van der Waals surface area contributed by atoms with Gasteiger partial charge in [-0.15, -0.1) is 0 Å². The molecule has 0 spiro atoms. The van der Waals surface area contributed by atoms with Crippen molar-refractivity contribution >= 4 is 18.1 Å². The summed E-state index contributed by atoms with van der Waals surface area (Å²) >= 11 is 0. The van der Waals surface area contributed by atoms with Crippen LogP contribution in [0.2, 0.25) is 0 Å². The zero-order valence-corrected chi connectivity index (χ0v) is 22.3. The van der Waals surface area contributed by atoms with Gasteiger partial charge >= 0.3 is 5.97 Å². The average Bonchev–Trinajstić information content (AvgIpc) is 3.70. The van der Waals surface area contributed by atoms with Crippen molar-refractivity contribution in [2.75, 3.05) is 0 Å². The predicted molar refractivity (Wildman–Crippen MR) is 163 cm³/mol. The lowest BCUT2D eigenvalue weighted by Crippen LogP contribution is -2.17. The van der Waals surface area contributed by atoms with E-state index in [-0.39, 0.29) is 11.5 Å². The molecule has 0 aliphatic carbocycles. The number of hydrazone groups is 1. The third kappa shape index (κ3) is 5.52. The zero-order valence-electron chi connectivity index (χ0n) is 22.3. The lowest BCUT2D eigenvalue weighted by Gasteiger charge is -2.15. The molecule has 0 radical (unpaired) electrons. The summed E-state index contributed by atoms with van der Waals surface area (Å²) in [6.45, 7) is 0.